The number of H-pyrrole nitrogens is 1. The average molecular weight is 267 g/mol. The number of aliphatic imine (C=N–C) groups is 1. The summed E-state index contributed by atoms with van der Waals surface area (Å²) >= 11 is 5.05. The first-order valence-electron chi connectivity index (χ1n) is 6.22. The maximum absolute atomic E-state index is 11.7. The molecule has 1 aliphatic rings. The van der Waals surface area contributed by atoms with Crippen LogP contribution >= 0.6 is 12.2 Å². The van der Waals surface area contributed by atoms with E-state index in [0.717, 1.165) is 25.7 Å². The molecule has 0 amide bonds. The quantitative estimate of drug-likeness (QED) is 0.633. The summed E-state index contributed by atoms with van der Waals surface area (Å²) in [5.41, 5.74) is -0.179. The van der Waals surface area contributed by atoms with Crippen LogP contribution in [0.1, 0.15) is 38.2 Å². The summed E-state index contributed by atoms with van der Waals surface area (Å²) in [5.74, 6) is -0.0819. The van der Waals surface area contributed by atoms with Gasteiger partial charge in [-0.15, -0.1) is 0 Å². The van der Waals surface area contributed by atoms with E-state index in [1.807, 2.05) is 0 Å². The van der Waals surface area contributed by atoms with E-state index in [0.29, 0.717) is 12.6 Å². The first kappa shape index (κ1) is 13.0. The first-order chi connectivity index (χ1) is 8.63. The summed E-state index contributed by atoms with van der Waals surface area (Å²) in [5, 5.41) is 10.1. The minimum absolute atomic E-state index is 0.0819. The third-order valence-corrected chi connectivity index (χ3v) is 3.23. The van der Waals surface area contributed by atoms with Gasteiger partial charge in [-0.25, -0.2) is 0 Å². The Hall–Kier alpha value is -1.43. The van der Waals surface area contributed by atoms with Gasteiger partial charge in [-0.2, -0.15) is 0 Å². The molecule has 0 atom stereocenters. The second-order valence-corrected chi connectivity index (χ2v) is 4.90. The van der Waals surface area contributed by atoms with Crippen LogP contribution in [0.5, 0.6) is 5.88 Å². The standard InChI is InChI=1S/C12H17N3O2S/c1-2-3-6-15-11(17)9(7-13-8-4-5-8)10(16)14-12(15)18/h7-8,17H,2-6H2,1H3,(H,14,16,18). The zero-order valence-corrected chi connectivity index (χ0v) is 11.2. The largest absolute Gasteiger partial charge is 0.494 e. The number of hydrogen-bond donors (Lipinski definition) is 2. The molecule has 1 saturated carbocycles. The SMILES string of the molecule is CCCCn1c(O)c(C=NC2CC2)c(=O)[nH]c1=S. The Morgan fingerprint density at radius 1 is 1.61 bits per heavy atom. The van der Waals surface area contributed by atoms with Crippen LogP contribution in [0.2, 0.25) is 0 Å². The second-order valence-electron chi connectivity index (χ2n) is 4.51. The van der Waals surface area contributed by atoms with Gasteiger partial charge in [0.1, 0.15) is 5.56 Å². The molecule has 0 unspecified atom stereocenters. The fourth-order valence-corrected chi connectivity index (χ4v) is 1.89. The molecule has 0 aromatic carbocycles. The van der Waals surface area contributed by atoms with Crippen LogP contribution in [-0.4, -0.2) is 26.9 Å². The van der Waals surface area contributed by atoms with Crippen LogP contribution in [0.4, 0.5) is 0 Å². The predicted molar refractivity (Wildman–Crippen MR) is 73.1 cm³/mol. The Morgan fingerprint density at radius 3 is 2.94 bits per heavy atom. The van der Waals surface area contributed by atoms with E-state index in [-0.39, 0.29) is 21.8 Å². The molecule has 2 rings (SSSR count). The Morgan fingerprint density at radius 2 is 2.33 bits per heavy atom. The monoisotopic (exact) mass is 267 g/mol. The molecule has 2 N–H and O–H groups in total. The smallest absolute Gasteiger partial charge is 0.264 e. The van der Waals surface area contributed by atoms with Crippen LogP contribution < -0.4 is 5.56 Å². The molecule has 1 aromatic rings. The van der Waals surface area contributed by atoms with Crippen molar-refractivity contribution in [2.45, 2.75) is 45.2 Å². The Balaban J connectivity index is 2.38. The number of unbranched alkanes of at least 4 members (excludes halogenated alkanes) is 1. The zero-order valence-electron chi connectivity index (χ0n) is 10.3. The van der Waals surface area contributed by atoms with Crippen molar-refractivity contribution < 1.29 is 5.11 Å². The van der Waals surface area contributed by atoms with Crippen molar-refractivity contribution in [3.8, 4) is 5.88 Å². The molecule has 18 heavy (non-hydrogen) atoms. The minimum Gasteiger partial charge on any atom is -0.494 e. The Labute approximate surface area is 110 Å². The third kappa shape index (κ3) is 2.87. The lowest BCUT2D eigenvalue weighted by Crippen LogP contribution is -2.19. The highest BCUT2D eigenvalue weighted by Crippen LogP contribution is 2.23. The molecule has 98 valence electrons. The van der Waals surface area contributed by atoms with E-state index in [1.54, 1.807) is 4.57 Å². The molecule has 1 aromatic heterocycles. The van der Waals surface area contributed by atoms with Crippen LogP contribution in [0.15, 0.2) is 9.79 Å². The number of hydrogen-bond acceptors (Lipinski definition) is 4. The summed E-state index contributed by atoms with van der Waals surface area (Å²) in [6, 6.07) is 0.316. The molecular formula is C12H17N3O2S. The molecule has 1 heterocycles. The molecule has 1 aliphatic carbocycles. The predicted octanol–water partition coefficient (Wildman–Crippen LogP) is 1.99. The van der Waals surface area contributed by atoms with Crippen molar-refractivity contribution in [1.82, 2.24) is 9.55 Å². The minimum atomic E-state index is -0.380. The number of nitrogens with zero attached hydrogens (tertiary/aromatic N) is 2. The van der Waals surface area contributed by atoms with E-state index in [2.05, 4.69) is 16.9 Å². The van der Waals surface area contributed by atoms with E-state index in [4.69, 9.17) is 12.2 Å². The van der Waals surface area contributed by atoms with Gasteiger partial charge in [0.2, 0.25) is 5.88 Å². The maximum Gasteiger partial charge on any atom is 0.264 e. The topological polar surface area (TPSA) is 70.4 Å². The van der Waals surface area contributed by atoms with Crippen molar-refractivity contribution >= 4 is 18.4 Å². The van der Waals surface area contributed by atoms with Gasteiger partial charge in [0, 0.05) is 12.8 Å². The molecule has 1 fully saturated rings. The van der Waals surface area contributed by atoms with Crippen LogP contribution in [0.25, 0.3) is 0 Å². The summed E-state index contributed by atoms with van der Waals surface area (Å²) in [6.07, 6.45) is 5.47. The lowest BCUT2D eigenvalue weighted by atomic mass is 10.3. The van der Waals surface area contributed by atoms with Gasteiger partial charge in [-0.3, -0.25) is 19.3 Å². The Bertz CT molecular complexity index is 570. The van der Waals surface area contributed by atoms with Gasteiger partial charge < -0.3 is 5.11 Å². The number of aromatic hydroxyl groups is 1. The normalized spacial score (nSPS) is 15.4. The molecule has 0 saturated heterocycles. The van der Waals surface area contributed by atoms with Gasteiger partial charge in [0.25, 0.3) is 5.56 Å². The fourth-order valence-electron chi connectivity index (χ4n) is 1.62. The summed E-state index contributed by atoms with van der Waals surface area (Å²) in [6.45, 7) is 2.66. The molecule has 0 radical (unpaired) electrons. The highest BCUT2D eigenvalue weighted by molar-refractivity contribution is 7.71. The first-order valence-corrected chi connectivity index (χ1v) is 6.63. The maximum atomic E-state index is 11.7. The van der Waals surface area contributed by atoms with E-state index < -0.39 is 0 Å². The van der Waals surface area contributed by atoms with E-state index >= 15 is 0 Å². The molecule has 0 aliphatic heterocycles. The van der Waals surface area contributed by atoms with Crippen molar-refractivity contribution in [3.63, 3.8) is 0 Å². The van der Waals surface area contributed by atoms with Crippen LogP contribution in [0.3, 0.4) is 0 Å². The van der Waals surface area contributed by atoms with Crippen LogP contribution in [-0.2, 0) is 6.54 Å². The highest BCUT2D eigenvalue weighted by Gasteiger charge is 2.20. The van der Waals surface area contributed by atoms with Gasteiger partial charge in [-0.05, 0) is 31.5 Å². The summed E-state index contributed by atoms with van der Waals surface area (Å²) in [7, 11) is 0. The van der Waals surface area contributed by atoms with Crippen LogP contribution in [0, 0.1) is 4.77 Å². The van der Waals surface area contributed by atoms with E-state index in [1.165, 1.54) is 6.21 Å². The van der Waals surface area contributed by atoms with Crippen molar-refractivity contribution in [2.75, 3.05) is 0 Å². The molecular weight excluding hydrogens is 250 g/mol. The second kappa shape index (κ2) is 5.48. The fraction of sp³-hybridized carbons (Fsp3) is 0.583. The zero-order chi connectivity index (χ0) is 13.1. The van der Waals surface area contributed by atoms with Crippen molar-refractivity contribution in [2.24, 2.45) is 4.99 Å². The van der Waals surface area contributed by atoms with Gasteiger partial charge in [-0.1, -0.05) is 13.3 Å². The van der Waals surface area contributed by atoms with Crippen molar-refractivity contribution in [1.29, 1.82) is 0 Å². The number of rotatable bonds is 5. The highest BCUT2D eigenvalue weighted by atomic mass is 32.1. The van der Waals surface area contributed by atoms with Crippen molar-refractivity contribution in [3.05, 3.63) is 20.7 Å². The van der Waals surface area contributed by atoms with Gasteiger partial charge in [0.15, 0.2) is 4.77 Å². The lowest BCUT2D eigenvalue weighted by molar-refractivity contribution is 0.398. The molecule has 5 nitrogen and oxygen atoms in total. The molecule has 0 spiro atoms. The van der Waals surface area contributed by atoms with Gasteiger partial charge in [0.05, 0.1) is 6.04 Å². The molecule has 6 heteroatoms. The molecule has 0 bridgehead atoms. The number of aromatic amines is 1. The lowest BCUT2D eigenvalue weighted by Gasteiger charge is -2.10. The summed E-state index contributed by atoms with van der Waals surface area (Å²) < 4.78 is 1.81. The number of nitrogens with one attached hydrogen (secondary N) is 1. The summed E-state index contributed by atoms with van der Waals surface area (Å²) in [4.78, 5) is 18.5. The number of aromatic nitrogens is 2. The Kier molecular flexibility index (Phi) is 3.96. The van der Waals surface area contributed by atoms with E-state index in [9.17, 15) is 9.90 Å². The third-order valence-electron chi connectivity index (χ3n) is 2.90. The average Bonchev–Trinajstić information content (AvgIpc) is 3.12. The van der Waals surface area contributed by atoms with Gasteiger partial charge >= 0.3 is 0 Å².